The minimum atomic E-state index is -3.60. The van der Waals surface area contributed by atoms with E-state index in [0.29, 0.717) is 42.2 Å². The molecule has 2 atom stereocenters. The topological polar surface area (TPSA) is 73.8 Å². The molecule has 1 aliphatic heterocycles. The molecule has 2 heterocycles. The summed E-state index contributed by atoms with van der Waals surface area (Å²) in [4.78, 5) is 22.5. The van der Waals surface area contributed by atoms with Crippen LogP contribution in [0.1, 0.15) is 49.5 Å². The molecule has 1 saturated heterocycles. The third-order valence-electron chi connectivity index (χ3n) is 6.89. The largest absolute Gasteiger partial charge is 0.309 e. The van der Waals surface area contributed by atoms with Gasteiger partial charge in [-0.15, -0.1) is 0 Å². The Balaban J connectivity index is 1.60. The Kier molecular flexibility index (Phi) is 8.68. The number of rotatable bonds is 9. The van der Waals surface area contributed by atoms with Gasteiger partial charge in [0.2, 0.25) is 10.0 Å². The normalized spacial score (nSPS) is 19.0. The van der Waals surface area contributed by atoms with Crippen LogP contribution < -0.4 is 4.90 Å². The molecule has 0 saturated carbocycles. The average Bonchev–Trinajstić information content (AvgIpc) is 3.28. The van der Waals surface area contributed by atoms with Gasteiger partial charge >= 0.3 is 0 Å². The lowest BCUT2D eigenvalue weighted by molar-refractivity contribution is 0.0986. The highest BCUT2D eigenvalue weighted by Gasteiger charge is 2.32. The van der Waals surface area contributed by atoms with Gasteiger partial charge in [0.05, 0.1) is 15.1 Å². The molecule has 37 heavy (non-hydrogen) atoms. The Hall–Kier alpha value is -2.33. The molecule has 1 aromatic heterocycles. The summed E-state index contributed by atoms with van der Waals surface area (Å²) >= 11 is 1.52. The predicted octanol–water partition coefficient (Wildman–Crippen LogP) is 5.12. The summed E-state index contributed by atoms with van der Waals surface area (Å²) in [7, 11) is 0.428. The molecule has 2 aromatic carbocycles. The molecule has 4 rings (SSSR count). The van der Waals surface area contributed by atoms with E-state index < -0.39 is 10.0 Å². The number of thiazole rings is 1. The first-order valence-electron chi connectivity index (χ1n) is 13.0. The van der Waals surface area contributed by atoms with Crippen LogP contribution in [0.15, 0.2) is 47.4 Å². The van der Waals surface area contributed by atoms with Crippen molar-refractivity contribution in [1.29, 1.82) is 0 Å². The maximum absolute atomic E-state index is 13.7. The van der Waals surface area contributed by atoms with Crippen LogP contribution in [0.3, 0.4) is 0 Å². The van der Waals surface area contributed by atoms with Crippen LogP contribution in [0.5, 0.6) is 0 Å². The maximum atomic E-state index is 13.7. The van der Waals surface area contributed by atoms with E-state index in [1.807, 2.05) is 20.2 Å². The van der Waals surface area contributed by atoms with Crippen molar-refractivity contribution in [2.24, 2.45) is 11.8 Å². The Morgan fingerprint density at radius 2 is 1.73 bits per heavy atom. The van der Waals surface area contributed by atoms with E-state index in [1.165, 1.54) is 16.9 Å². The third-order valence-corrected chi connectivity index (χ3v) is 9.77. The quantitative estimate of drug-likeness (QED) is 0.375. The van der Waals surface area contributed by atoms with Gasteiger partial charge < -0.3 is 4.90 Å². The Bertz CT molecular complexity index is 1330. The van der Waals surface area contributed by atoms with E-state index in [-0.39, 0.29) is 10.8 Å². The number of hydrogen-bond acceptors (Lipinski definition) is 6. The van der Waals surface area contributed by atoms with Crippen LogP contribution in [0.2, 0.25) is 0 Å². The van der Waals surface area contributed by atoms with Crippen molar-refractivity contribution in [3.8, 4) is 0 Å². The highest BCUT2D eigenvalue weighted by molar-refractivity contribution is 7.89. The summed E-state index contributed by atoms with van der Waals surface area (Å²) in [6.07, 6.45) is 2.78. The molecule has 7 nitrogen and oxygen atoms in total. The van der Waals surface area contributed by atoms with Gasteiger partial charge in [-0.05, 0) is 93.7 Å². The minimum Gasteiger partial charge on any atom is -0.309 e. The summed E-state index contributed by atoms with van der Waals surface area (Å²) in [5, 5.41) is 0.667. The fourth-order valence-electron chi connectivity index (χ4n) is 5.00. The zero-order chi connectivity index (χ0) is 26.7. The van der Waals surface area contributed by atoms with Crippen molar-refractivity contribution in [2.45, 2.75) is 44.9 Å². The number of amides is 1. The number of hydrogen-bond donors (Lipinski definition) is 0. The summed E-state index contributed by atoms with van der Waals surface area (Å²) in [6, 6.07) is 12.6. The molecule has 2 unspecified atom stereocenters. The zero-order valence-corrected chi connectivity index (χ0v) is 24.1. The second-order valence-electron chi connectivity index (χ2n) is 10.6. The van der Waals surface area contributed by atoms with Crippen LogP contribution in [0.25, 0.3) is 10.2 Å². The van der Waals surface area contributed by atoms with Crippen LogP contribution >= 0.6 is 11.3 Å². The second-order valence-corrected chi connectivity index (χ2v) is 13.5. The van der Waals surface area contributed by atoms with Gasteiger partial charge in [0.15, 0.2) is 5.13 Å². The molecule has 0 spiro atoms. The number of nitrogens with zero attached hydrogens (tertiary/aromatic N) is 4. The first-order valence-corrected chi connectivity index (χ1v) is 15.3. The molecule has 1 amide bonds. The lowest BCUT2D eigenvalue weighted by atomic mass is 9.94. The Morgan fingerprint density at radius 1 is 1.05 bits per heavy atom. The van der Waals surface area contributed by atoms with E-state index >= 15 is 0 Å². The van der Waals surface area contributed by atoms with Gasteiger partial charge in [0.1, 0.15) is 0 Å². The summed E-state index contributed by atoms with van der Waals surface area (Å²) in [6.45, 7) is 8.75. The fourth-order valence-corrected chi connectivity index (χ4v) is 7.73. The van der Waals surface area contributed by atoms with Crippen LogP contribution in [-0.2, 0) is 16.4 Å². The number of anilines is 1. The van der Waals surface area contributed by atoms with Crippen molar-refractivity contribution in [3.63, 3.8) is 0 Å². The monoisotopic (exact) mass is 542 g/mol. The summed E-state index contributed by atoms with van der Waals surface area (Å²) in [5.41, 5.74) is 2.58. The third kappa shape index (κ3) is 6.39. The highest BCUT2D eigenvalue weighted by atomic mass is 32.2. The first-order chi connectivity index (χ1) is 17.6. The summed E-state index contributed by atoms with van der Waals surface area (Å²) < 4.78 is 29.2. The van der Waals surface area contributed by atoms with E-state index in [9.17, 15) is 13.2 Å². The second kappa shape index (κ2) is 11.6. The van der Waals surface area contributed by atoms with E-state index in [2.05, 4.69) is 37.8 Å². The first kappa shape index (κ1) is 27.7. The van der Waals surface area contributed by atoms with Gasteiger partial charge in [-0.3, -0.25) is 9.69 Å². The van der Waals surface area contributed by atoms with Gasteiger partial charge in [-0.1, -0.05) is 38.2 Å². The molecule has 1 aliphatic rings. The Morgan fingerprint density at radius 3 is 2.35 bits per heavy atom. The van der Waals surface area contributed by atoms with Crippen molar-refractivity contribution in [3.05, 3.63) is 53.6 Å². The minimum absolute atomic E-state index is 0.169. The standard InChI is InChI=1S/C28H38N4O3S2/c1-6-22-8-13-25-26(17-22)36-28(29-25)32(15-7-14-30(4)5)27(33)23-9-11-24(12-10-23)37(34,35)31-18-20(2)16-21(3)19-31/h8-13,17,20-21H,6-7,14-16,18-19H2,1-5H3. The van der Waals surface area contributed by atoms with E-state index in [0.717, 1.165) is 36.0 Å². The number of carbonyl (C=O) groups is 1. The predicted molar refractivity (Wildman–Crippen MR) is 152 cm³/mol. The molecule has 9 heteroatoms. The number of piperidine rings is 1. The number of fused-ring (bicyclic) bond motifs is 1. The van der Waals surface area contributed by atoms with E-state index in [1.54, 1.807) is 33.5 Å². The van der Waals surface area contributed by atoms with Gasteiger partial charge in [0.25, 0.3) is 5.91 Å². The van der Waals surface area contributed by atoms with Crippen molar-refractivity contribution in [1.82, 2.24) is 14.2 Å². The lowest BCUT2D eigenvalue weighted by Gasteiger charge is -2.34. The molecule has 0 aliphatic carbocycles. The molecule has 0 bridgehead atoms. The number of benzene rings is 2. The van der Waals surface area contributed by atoms with Crippen molar-refractivity contribution < 1.29 is 13.2 Å². The average molecular weight is 543 g/mol. The number of aryl methyl sites for hydroxylation is 1. The van der Waals surface area contributed by atoms with Crippen LogP contribution in [0.4, 0.5) is 5.13 Å². The summed E-state index contributed by atoms with van der Waals surface area (Å²) in [5.74, 6) is 0.493. The van der Waals surface area contributed by atoms with Gasteiger partial charge in [-0.2, -0.15) is 4.31 Å². The molecule has 3 aromatic rings. The molecule has 1 fully saturated rings. The molecule has 0 N–H and O–H groups in total. The lowest BCUT2D eigenvalue weighted by Crippen LogP contribution is -2.42. The number of sulfonamides is 1. The molecular formula is C28H38N4O3S2. The van der Waals surface area contributed by atoms with Crippen LogP contribution in [-0.4, -0.2) is 68.8 Å². The molecular weight excluding hydrogens is 504 g/mol. The molecule has 200 valence electrons. The smallest absolute Gasteiger partial charge is 0.260 e. The molecule has 0 radical (unpaired) electrons. The fraction of sp³-hybridized carbons (Fsp3) is 0.500. The maximum Gasteiger partial charge on any atom is 0.260 e. The van der Waals surface area contributed by atoms with Crippen LogP contribution in [0, 0.1) is 11.8 Å². The highest BCUT2D eigenvalue weighted by Crippen LogP contribution is 2.31. The van der Waals surface area contributed by atoms with E-state index in [4.69, 9.17) is 4.98 Å². The van der Waals surface area contributed by atoms with Gasteiger partial charge in [-0.25, -0.2) is 13.4 Å². The van der Waals surface area contributed by atoms with Crippen molar-refractivity contribution >= 4 is 42.6 Å². The Labute approximate surface area is 225 Å². The van der Waals surface area contributed by atoms with Gasteiger partial charge in [0, 0.05) is 25.2 Å². The number of aromatic nitrogens is 1. The zero-order valence-electron chi connectivity index (χ0n) is 22.5. The van der Waals surface area contributed by atoms with Crippen molar-refractivity contribution in [2.75, 3.05) is 45.2 Å². The SMILES string of the molecule is CCc1ccc2nc(N(CCCN(C)C)C(=O)c3ccc(S(=O)(=O)N4CC(C)CC(C)C4)cc3)sc2c1. The number of carbonyl (C=O) groups excluding carboxylic acids is 1.